The van der Waals surface area contributed by atoms with E-state index in [9.17, 15) is 0 Å². The number of aromatic amines is 2. The molecule has 0 saturated heterocycles. The Morgan fingerprint density at radius 3 is 2.91 bits per heavy atom. The lowest BCUT2D eigenvalue weighted by Crippen LogP contribution is -1.81. The van der Waals surface area contributed by atoms with Crippen LogP contribution in [0.25, 0.3) is 11.3 Å². The predicted molar refractivity (Wildman–Crippen MR) is 46.8 cm³/mol. The number of imidazole rings is 1. The molecule has 0 unspecified atom stereocenters. The van der Waals surface area contributed by atoms with Crippen LogP contribution in [-0.2, 0) is 0 Å². The molecule has 0 aromatic carbocycles. The minimum Gasteiger partial charge on any atom is -0.314 e. The Kier molecular flexibility index (Phi) is 1.50. The molecule has 11 heavy (non-hydrogen) atoms. The van der Waals surface area contributed by atoms with E-state index in [0.717, 1.165) is 0 Å². The van der Waals surface area contributed by atoms with Crippen LogP contribution in [-0.4, -0.2) is 19.9 Å². The first kappa shape index (κ1) is 6.93. The summed E-state index contributed by atoms with van der Waals surface area (Å²) >= 11 is 8.05. The first-order chi connectivity index (χ1) is 5.25. The molecule has 2 aromatic rings. The van der Waals surface area contributed by atoms with Gasteiger partial charge in [-0.05, 0) is 28.1 Å². The van der Waals surface area contributed by atoms with Gasteiger partial charge >= 0.3 is 0 Å². The third-order valence-corrected chi connectivity index (χ3v) is 1.79. The average molecular weight is 231 g/mol. The molecule has 0 fully saturated rings. The lowest BCUT2D eigenvalue weighted by atomic mass is 10.7. The predicted octanol–water partition coefficient (Wildman–Crippen LogP) is 1.78. The van der Waals surface area contributed by atoms with Gasteiger partial charge in [0.05, 0.1) is 6.20 Å². The molecule has 2 N–H and O–H groups in total. The Hall–Kier alpha value is -0.750. The molecule has 4 nitrogen and oxygen atoms in total. The van der Waals surface area contributed by atoms with Crippen LogP contribution in [0.1, 0.15) is 0 Å². The second-order valence-electron chi connectivity index (χ2n) is 1.97. The van der Waals surface area contributed by atoms with E-state index in [1.54, 1.807) is 6.20 Å². The lowest BCUT2D eigenvalue weighted by molar-refractivity contribution is 1.22. The highest BCUT2D eigenvalue weighted by molar-refractivity contribution is 9.10. The van der Waals surface area contributed by atoms with Crippen LogP contribution in [0.5, 0.6) is 0 Å². The molecule has 0 aliphatic heterocycles. The van der Waals surface area contributed by atoms with Crippen molar-refractivity contribution in [3.8, 4) is 0 Å². The summed E-state index contributed by atoms with van der Waals surface area (Å²) in [5, 5.41) is 0. The minimum atomic E-state index is 0.540. The first-order valence-corrected chi connectivity index (χ1v) is 4.06. The van der Waals surface area contributed by atoms with Crippen molar-refractivity contribution in [1.82, 2.24) is 19.9 Å². The Morgan fingerprint density at radius 1 is 1.36 bits per heavy atom. The third kappa shape index (κ3) is 1.19. The number of halogens is 1. The third-order valence-electron chi connectivity index (χ3n) is 1.21. The number of rotatable bonds is 0. The molecule has 0 aliphatic carbocycles. The molecule has 2 heterocycles. The van der Waals surface area contributed by atoms with E-state index >= 15 is 0 Å². The van der Waals surface area contributed by atoms with Crippen molar-refractivity contribution in [2.45, 2.75) is 0 Å². The largest absolute Gasteiger partial charge is 0.314 e. The van der Waals surface area contributed by atoms with Crippen LogP contribution in [0.4, 0.5) is 0 Å². The lowest BCUT2D eigenvalue weighted by Gasteiger charge is -1.86. The van der Waals surface area contributed by atoms with E-state index < -0.39 is 0 Å². The Morgan fingerprint density at radius 2 is 2.09 bits per heavy atom. The van der Waals surface area contributed by atoms with E-state index in [2.05, 4.69) is 35.9 Å². The molecule has 2 aromatic heterocycles. The van der Waals surface area contributed by atoms with Crippen molar-refractivity contribution in [3.63, 3.8) is 0 Å². The summed E-state index contributed by atoms with van der Waals surface area (Å²) in [5.41, 5.74) is 1.35. The molecule has 0 atom stereocenters. The Bertz CT molecular complexity index is 445. The van der Waals surface area contributed by atoms with Gasteiger partial charge < -0.3 is 9.97 Å². The summed E-state index contributed by atoms with van der Waals surface area (Å²) in [6, 6.07) is 0. The van der Waals surface area contributed by atoms with Gasteiger partial charge in [-0.25, -0.2) is 9.97 Å². The van der Waals surface area contributed by atoms with Gasteiger partial charge in [-0.1, -0.05) is 0 Å². The average Bonchev–Trinajstić information content (AvgIpc) is 2.27. The van der Waals surface area contributed by atoms with Crippen molar-refractivity contribution in [3.05, 3.63) is 15.6 Å². The minimum absolute atomic E-state index is 0.540. The van der Waals surface area contributed by atoms with E-state index in [1.165, 1.54) is 0 Å². The SMILES string of the molecule is S=c1[nH]c2ncc(Br)nc2[nH]1. The molecule has 0 radical (unpaired) electrons. The smallest absolute Gasteiger partial charge is 0.177 e. The van der Waals surface area contributed by atoms with E-state index in [-0.39, 0.29) is 0 Å². The number of nitrogens with one attached hydrogen (secondary N) is 2. The number of H-pyrrole nitrogens is 2. The fraction of sp³-hybridized carbons (Fsp3) is 0. The summed E-state index contributed by atoms with van der Waals surface area (Å²) in [7, 11) is 0. The normalized spacial score (nSPS) is 10.6. The highest BCUT2D eigenvalue weighted by Crippen LogP contribution is 2.08. The van der Waals surface area contributed by atoms with E-state index in [4.69, 9.17) is 12.2 Å². The van der Waals surface area contributed by atoms with Crippen molar-refractivity contribution < 1.29 is 0 Å². The highest BCUT2D eigenvalue weighted by Gasteiger charge is 1.97. The van der Waals surface area contributed by atoms with Crippen LogP contribution in [0, 0.1) is 4.77 Å². The van der Waals surface area contributed by atoms with Gasteiger partial charge in [0.1, 0.15) is 4.60 Å². The van der Waals surface area contributed by atoms with Crippen LogP contribution >= 0.6 is 28.1 Å². The fourth-order valence-corrected chi connectivity index (χ4v) is 1.27. The molecule has 0 bridgehead atoms. The molecular weight excluding hydrogens is 228 g/mol. The van der Waals surface area contributed by atoms with Gasteiger partial charge in [0.2, 0.25) is 0 Å². The molecule has 0 spiro atoms. The fourth-order valence-electron chi connectivity index (χ4n) is 0.793. The second kappa shape index (κ2) is 2.38. The zero-order valence-corrected chi connectivity index (χ0v) is 7.66. The quantitative estimate of drug-likeness (QED) is 0.679. The van der Waals surface area contributed by atoms with Gasteiger partial charge in [0.15, 0.2) is 16.1 Å². The molecule has 0 amide bonds. The van der Waals surface area contributed by atoms with Crippen LogP contribution in [0.15, 0.2) is 10.8 Å². The second-order valence-corrected chi connectivity index (χ2v) is 3.19. The first-order valence-electron chi connectivity index (χ1n) is 2.86. The van der Waals surface area contributed by atoms with Gasteiger partial charge in [-0.3, -0.25) is 0 Å². The highest BCUT2D eigenvalue weighted by atomic mass is 79.9. The zero-order valence-electron chi connectivity index (χ0n) is 5.26. The van der Waals surface area contributed by atoms with E-state index in [1.807, 2.05) is 0 Å². The summed E-state index contributed by atoms with van der Waals surface area (Å²) in [6.45, 7) is 0. The Labute approximate surface area is 75.2 Å². The van der Waals surface area contributed by atoms with Gasteiger partial charge in [0.25, 0.3) is 0 Å². The number of hydrogen-bond acceptors (Lipinski definition) is 3. The summed E-state index contributed by atoms with van der Waals surface area (Å²) < 4.78 is 1.23. The topological polar surface area (TPSA) is 57.4 Å². The maximum absolute atomic E-state index is 4.85. The molecular formula is C5H3BrN4S. The number of aromatic nitrogens is 4. The number of fused-ring (bicyclic) bond motifs is 1. The van der Waals surface area contributed by atoms with Crippen LogP contribution in [0.3, 0.4) is 0 Å². The standard InChI is InChI=1S/C5H3BrN4S/c6-2-1-7-3-4(8-2)10-5(11)9-3/h1H,(H2,7,8,9,10,11). The van der Waals surface area contributed by atoms with Crippen molar-refractivity contribution in [2.75, 3.05) is 0 Å². The van der Waals surface area contributed by atoms with E-state index in [0.29, 0.717) is 20.7 Å². The van der Waals surface area contributed by atoms with Crippen molar-refractivity contribution in [2.24, 2.45) is 0 Å². The summed E-state index contributed by atoms with van der Waals surface area (Å²) in [6.07, 6.45) is 1.61. The van der Waals surface area contributed by atoms with Crippen LogP contribution in [0.2, 0.25) is 0 Å². The van der Waals surface area contributed by atoms with Gasteiger partial charge in [0, 0.05) is 0 Å². The number of nitrogens with zero attached hydrogens (tertiary/aromatic N) is 2. The van der Waals surface area contributed by atoms with Gasteiger partial charge in [-0.15, -0.1) is 0 Å². The maximum Gasteiger partial charge on any atom is 0.177 e. The van der Waals surface area contributed by atoms with Gasteiger partial charge in [-0.2, -0.15) is 0 Å². The molecule has 6 heteroatoms. The Balaban J connectivity index is 2.92. The summed E-state index contributed by atoms with van der Waals surface area (Å²) in [4.78, 5) is 13.8. The van der Waals surface area contributed by atoms with Crippen molar-refractivity contribution in [1.29, 1.82) is 0 Å². The molecule has 56 valence electrons. The summed E-state index contributed by atoms with van der Waals surface area (Å²) in [5.74, 6) is 0. The number of hydrogen-bond donors (Lipinski definition) is 2. The molecule has 0 aliphatic rings. The molecule has 0 saturated carbocycles. The van der Waals surface area contributed by atoms with Crippen molar-refractivity contribution >= 4 is 39.4 Å². The maximum atomic E-state index is 4.85. The monoisotopic (exact) mass is 230 g/mol. The van der Waals surface area contributed by atoms with Crippen LogP contribution < -0.4 is 0 Å². The molecule has 2 rings (SSSR count). The zero-order chi connectivity index (χ0) is 7.84.